The summed E-state index contributed by atoms with van der Waals surface area (Å²) >= 11 is 6.02. The maximum Gasteiger partial charge on any atom is 0.261 e. The summed E-state index contributed by atoms with van der Waals surface area (Å²) in [5.41, 5.74) is 2.73. The molecule has 2 aromatic rings. The van der Waals surface area contributed by atoms with E-state index in [1.165, 1.54) is 4.90 Å². The van der Waals surface area contributed by atoms with Gasteiger partial charge in [-0.1, -0.05) is 23.7 Å². The van der Waals surface area contributed by atoms with Crippen LogP contribution in [0.5, 0.6) is 0 Å². The Balaban J connectivity index is 1.77. The second-order valence-corrected chi connectivity index (χ2v) is 7.64. The molecule has 0 aromatic heterocycles. The average Bonchev–Trinajstić information content (AvgIpc) is 3.19. The van der Waals surface area contributed by atoms with Gasteiger partial charge in [-0.3, -0.25) is 19.3 Å². The van der Waals surface area contributed by atoms with Gasteiger partial charge in [-0.25, -0.2) is 5.06 Å². The fourth-order valence-corrected chi connectivity index (χ4v) is 4.03. The molecule has 2 fully saturated rings. The predicted molar refractivity (Wildman–Crippen MR) is 108 cm³/mol. The van der Waals surface area contributed by atoms with E-state index in [0.717, 1.165) is 16.9 Å². The first-order valence-corrected chi connectivity index (χ1v) is 9.64. The van der Waals surface area contributed by atoms with E-state index in [4.69, 9.17) is 16.4 Å². The molecule has 0 unspecified atom stereocenters. The van der Waals surface area contributed by atoms with E-state index in [1.54, 1.807) is 24.1 Å². The number of carbonyl (C=O) groups excluding carboxylic acids is 2. The minimum absolute atomic E-state index is 0.185. The van der Waals surface area contributed by atoms with Crippen LogP contribution >= 0.6 is 11.6 Å². The lowest BCUT2D eigenvalue weighted by atomic mass is 9.90. The van der Waals surface area contributed by atoms with Gasteiger partial charge in [-0.2, -0.15) is 0 Å². The largest absolute Gasteiger partial charge is 0.378 e. The average molecular weight is 400 g/mol. The quantitative estimate of drug-likeness (QED) is 0.738. The van der Waals surface area contributed by atoms with Crippen molar-refractivity contribution >= 4 is 34.8 Å². The first kappa shape index (κ1) is 18.8. The summed E-state index contributed by atoms with van der Waals surface area (Å²) in [4.78, 5) is 35.0. The molecule has 2 aliphatic heterocycles. The number of fused-ring (bicyclic) bond motifs is 1. The van der Waals surface area contributed by atoms with E-state index in [-0.39, 0.29) is 11.8 Å². The molecule has 0 spiro atoms. The summed E-state index contributed by atoms with van der Waals surface area (Å²) in [7, 11) is 3.95. The van der Waals surface area contributed by atoms with Crippen molar-refractivity contribution in [1.29, 1.82) is 0 Å². The third kappa shape index (κ3) is 2.93. The Bertz CT molecular complexity index is 898. The lowest BCUT2D eigenvalue weighted by Gasteiger charge is -2.29. The number of benzene rings is 2. The van der Waals surface area contributed by atoms with Crippen molar-refractivity contribution in [3.8, 4) is 0 Å². The van der Waals surface area contributed by atoms with Gasteiger partial charge in [0.15, 0.2) is 6.10 Å². The normalized spacial score (nSPS) is 24.1. The van der Waals surface area contributed by atoms with Crippen LogP contribution in [0.25, 0.3) is 0 Å². The monoisotopic (exact) mass is 399 g/mol. The van der Waals surface area contributed by atoms with E-state index in [1.807, 2.05) is 55.4 Å². The molecule has 0 saturated carbocycles. The Hall–Kier alpha value is -2.57. The summed E-state index contributed by atoms with van der Waals surface area (Å²) in [6.07, 6.45) is -0.804. The molecule has 2 saturated heterocycles. The molecule has 4 rings (SSSR count). The molecule has 7 heteroatoms. The van der Waals surface area contributed by atoms with E-state index >= 15 is 0 Å². The minimum Gasteiger partial charge on any atom is -0.378 e. The molecule has 2 amide bonds. The summed E-state index contributed by atoms with van der Waals surface area (Å²) in [6, 6.07) is 14.8. The van der Waals surface area contributed by atoms with E-state index in [2.05, 4.69) is 0 Å². The Labute approximate surface area is 169 Å². The third-order valence-corrected chi connectivity index (χ3v) is 5.61. The highest BCUT2D eigenvalue weighted by molar-refractivity contribution is 6.30. The van der Waals surface area contributed by atoms with Crippen molar-refractivity contribution in [2.45, 2.75) is 19.1 Å². The summed E-state index contributed by atoms with van der Waals surface area (Å²) in [5, 5.41) is 2.29. The first-order chi connectivity index (χ1) is 13.4. The summed E-state index contributed by atoms with van der Waals surface area (Å²) in [6.45, 7) is 2.15. The zero-order chi connectivity index (χ0) is 20.0. The number of hydrogen-bond acceptors (Lipinski definition) is 5. The number of likely N-dealkylation sites (N-methyl/N-ethyl adjacent to an activating group) is 1. The number of imide groups is 1. The van der Waals surface area contributed by atoms with Crippen LogP contribution in [0.15, 0.2) is 48.5 Å². The van der Waals surface area contributed by atoms with Gasteiger partial charge in [0.05, 0.1) is 11.7 Å². The minimum atomic E-state index is -0.804. The zero-order valence-corrected chi connectivity index (χ0v) is 16.8. The highest BCUT2D eigenvalue weighted by Crippen LogP contribution is 2.46. The molecule has 2 heterocycles. The molecule has 2 aliphatic rings. The number of anilines is 2. The fourth-order valence-electron chi connectivity index (χ4n) is 3.90. The summed E-state index contributed by atoms with van der Waals surface area (Å²) in [5.74, 6) is -1.03. The van der Waals surface area contributed by atoms with Gasteiger partial charge >= 0.3 is 0 Å². The molecule has 146 valence electrons. The standard InChI is InChI=1S/C21H22ClN3O3/c1-4-24-20(26)17-18(13-5-9-15(10-6-13)23(2)3)25(28-19(17)21(24)27)16-11-7-14(22)8-12-16/h5-12,17-19H,4H2,1-3H3/t17-,18-,19+/m1/s1. The maximum atomic E-state index is 13.0. The molecule has 0 aliphatic carbocycles. The van der Waals surface area contributed by atoms with Crippen molar-refractivity contribution in [3.05, 3.63) is 59.1 Å². The second-order valence-electron chi connectivity index (χ2n) is 7.21. The van der Waals surface area contributed by atoms with Crippen LogP contribution in [-0.4, -0.2) is 43.5 Å². The molecule has 0 bridgehead atoms. The molecular formula is C21H22ClN3O3. The zero-order valence-electron chi connectivity index (χ0n) is 16.0. The Morgan fingerprint density at radius 1 is 1.00 bits per heavy atom. The Kier molecular flexibility index (Phi) is 4.77. The van der Waals surface area contributed by atoms with Gasteiger partial charge in [0.2, 0.25) is 5.91 Å². The van der Waals surface area contributed by atoms with Crippen LogP contribution in [0.1, 0.15) is 18.5 Å². The van der Waals surface area contributed by atoms with Gasteiger partial charge in [0, 0.05) is 31.4 Å². The van der Waals surface area contributed by atoms with E-state index in [9.17, 15) is 9.59 Å². The second kappa shape index (κ2) is 7.11. The lowest BCUT2D eigenvalue weighted by Crippen LogP contribution is -2.37. The number of nitrogens with zero attached hydrogens (tertiary/aromatic N) is 3. The van der Waals surface area contributed by atoms with Gasteiger partial charge in [-0.05, 0) is 48.9 Å². The number of hydroxylamine groups is 1. The topological polar surface area (TPSA) is 53.1 Å². The number of halogens is 1. The molecule has 3 atom stereocenters. The van der Waals surface area contributed by atoms with Crippen LogP contribution < -0.4 is 9.96 Å². The van der Waals surface area contributed by atoms with Crippen LogP contribution in [0, 0.1) is 5.92 Å². The Morgan fingerprint density at radius 3 is 2.21 bits per heavy atom. The van der Waals surface area contributed by atoms with Crippen molar-refractivity contribution in [2.75, 3.05) is 30.6 Å². The number of hydrogen-bond donors (Lipinski definition) is 0. The van der Waals surface area contributed by atoms with Gasteiger partial charge in [-0.15, -0.1) is 0 Å². The Morgan fingerprint density at radius 2 is 1.64 bits per heavy atom. The first-order valence-electron chi connectivity index (χ1n) is 9.26. The summed E-state index contributed by atoms with van der Waals surface area (Å²) < 4.78 is 0. The van der Waals surface area contributed by atoms with Crippen LogP contribution in [-0.2, 0) is 14.4 Å². The van der Waals surface area contributed by atoms with Gasteiger partial charge in [0.1, 0.15) is 5.92 Å². The molecule has 0 N–H and O–H groups in total. The highest BCUT2D eigenvalue weighted by atomic mass is 35.5. The SMILES string of the molecule is CCN1C(=O)[C@H]2[C@H](ON(c3ccc(Cl)cc3)[C@@H]2c2ccc(N(C)C)cc2)C1=O. The van der Waals surface area contributed by atoms with Gasteiger partial charge < -0.3 is 4.90 Å². The lowest BCUT2D eigenvalue weighted by molar-refractivity contribution is -0.142. The molecule has 2 aromatic carbocycles. The smallest absolute Gasteiger partial charge is 0.261 e. The predicted octanol–water partition coefficient (Wildman–Crippen LogP) is 3.27. The van der Waals surface area contributed by atoms with Crippen molar-refractivity contribution in [3.63, 3.8) is 0 Å². The van der Waals surface area contributed by atoms with Crippen molar-refractivity contribution in [2.24, 2.45) is 5.92 Å². The third-order valence-electron chi connectivity index (χ3n) is 5.36. The maximum absolute atomic E-state index is 13.0. The molecular weight excluding hydrogens is 378 g/mol. The van der Waals surface area contributed by atoms with Crippen LogP contribution in [0.3, 0.4) is 0 Å². The number of likely N-dealkylation sites (tertiary alicyclic amines) is 1. The van der Waals surface area contributed by atoms with Crippen LogP contribution in [0.4, 0.5) is 11.4 Å². The van der Waals surface area contributed by atoms with E-state index in [0.29, 0.717) is 11.6 Å². The fraction of sp³-hybridized carbons (Fsp3) is 0.333. The van der Waals surface area contributed by atoms with Crippen LogP contribution in [0.2, 0.25) is 5.02 Å². The van der Waals surface area contributed by atoms with Crippen molar-refractivity contribution < 1.29 is 14.4 Å². The number of carbonyl (C=O) groups is 2. The van der Waals surface area contributed by atoms with Crippen molar-refractivity contribution in [1.82, 2.24) is 4.90 Å². The highest BCUT2D eigenvalue weighted by Gasteiger charge is 2.59. The van der Waals surface area contributed by atoms with Gasteiger partial charge in [0.25, 0.3) is 5.91 Å². The molecule has 0 radical (unpaired) electrons. The molecule has 28 heavy (non-hydrogen) atoms. The van der Waals surface area contributed by atoms with E-state index < -0.39 is 18.1 Å². The number of amides is 2. The number of rotatable bonds is 4. The molecule has 6 nitrogen and oxygen atoms in total.